The highest BCUT2D eigenvalue weighted by molar-refractivity contribution is 6.74. The van der Waals surface area contributed by atoms with Crippen molar-refractivity contribution in [2.75, 3.05) is 6.61 Å². The van der Waals surface area contributed by atoms with Gasteiger partial charge in [-0.1, -0.05) is 20.8 Å². The first kappa shape index (κ1) is 24.9. The molecule has 28 heavy (non-hydrogen) atoms. The molecule has 8 nitrogen and oxygen atoms in total. The first-order valence-electron chi connectivity index (χ1n) is 9.56. The van der Waals surface area contributed by atoms with Crippen LogP contribution in [0.15, 0.2) is 0 Å². The molecule has 164 valence electrons. The molecule has 0 aromatic heterocycles. The first-order valence-corrected chi connectivity index (χ1v) is 12.5. The highest BCUT2D eigenvalue weighted by atomic mass is 28.4. The molecule has 9 heteroatoms. The third-order valence-corrected chi connectivity index (χ3v) is 9.40. The van der Waals surface area contributed by atoms with Crippen LogP contribution in [0.2, 0.25) is 18.1 Å². The summed E-state index contributed by atoms with van der Waals surface area (Å²) in [7, 11) is -2.07. The summed E-state index contributed by atoms with van der Waals surface area (Å²) >= 11 is 0. The Morgan fingerprint density at radius 2 is 1.68 bits per heavy atom. The molecule has 1 fully saturated rings. The molecule has 0 aromatic carbocycles. The molecule has 0 aromatic rings. The average Bonchev–Trinajstić information content (AvgIpc) is 2.74. The van der Waals surface area contributed by atoms with E-state index in [9.17, 15) is 14.7 Å². The van der Waals surface area contributed by atoms with E-state index in [0.717, 1.165) is 0 Å². The summed E-state index contributed by atoms with van der Waals surface area (Å²) in [5.41, 5.74) is -0.746. The van der Waals surface area contributed by atoms with Crippen molar-refractivity contribution >= 4 is 20.4 Å². The molecular weight excluding hydrogens is 382 g/mol. The third kappa shape index (κ3) is 7.02. The van der Waals surface area contributed by atoms with E-state index >= 15 is 0 Å². The molecular formula is C19H37NO7Si. The van der Waals surface area contributed by atoms with Crippen molar-refractivity contribution in [1.29, 1.82) is 0 Å². The Morgan fingerprint density at radius 1 is 1.14 bits per heavy atom. The summed E-state index contributed by atoms with van der Waals surface area (Å²) in [6.45, 7) is 19.3. The lowest BCUT2D eigenvalue weighted by molar-refractivity contribution is -0.157. The average molecular weight is 420 g/mol. The molecule has 0 unspecified atom stereocenters. The molecule has 0 saturated carbocycles. The van der Waals surface area contributed by atoms with Crippen molar-refractivity contribution in [3.8, 4) is 0 Å². The summed E-state index contributed by atoms with van der Waals surface area (Å²) < 4.78 is 23.1. The maximum absolute atomic E-state index is 12.1. The van der Waals surface area contributed by atoms with Crippen molar-refractivity contribution in [3.63, 3.8) is 0 Å². The Labute approximate surface area is 169 Å². The fourth-order valence-electron chi connectivity index (χ4n) is 2.50. The minimum atomic E-state index is -2.07. The van der Waals surface area contributed by atoms with Gasteiger partial charge in [-0.05, 0) is 52.8 Å². The number of rotatable bonds is 6. The molecule has 1 aliphatic heterocycles. The minimum Gasteiger partial charge on any atom is -0.480 e. The van der Waals surface area contributed by atoms with Crippen LogP contribution in [0.25, 0.3) is 0 Å². The fourth-order valence-corrected chi connectivity index (χ4v) is 3.51. The van der Waals surface area contributed by atoms with Gasteiger partial charge in [0.2, 0.25) is 0 Å². The van der Waals surface area contributed by atoms with Gasteiger partial charge >= 0.3 is 12.1 Å². The number of carboxylic acid groups (broad SMARTS) is 1. The van der Waals surface area contributed by atoms with E-state index in [1.165, 1.54) is 0 Å². The van der Waals surface area contributed by atoms with Gasteiger partial charge < -0.3 is 29.1 Å². The van der Waals surface area contributed by atoms with Crippen LogP contribution in [-0.4, -0.2) is 61.7 Å². The van der Waals surface area contributed by atoms with Gasteiger partial charge in [-0.3, -0.25) is 0 Å². The third-order valence-electron chi connectivity index (χ3n) is 4.90. The topological polar surface area (TPSA) is 103 Å². The second-order valence-corrected chi connectivity index (χ2v) is 15.0. The summed E-state index contributed by atoms with van der Waals surface area (Å²) in [5.74, 6) is -2.22. The van der Waals surface area contributed by atoms with E-state index in [-0.39, 0.29) is 11.6 Å². The minimum absolute atomic E-state index is 0.00155. The van der Waals surface area contributed by atoms with Crippen LogP contribution in [0.5, 0.6) is 0 Å². The molecule has 0 spiro atoms. The maximum atomic E-state index is 12.1. The number of ether oxygens (including phenoxy) is 3. The van der Waals surface area contributed by atoms with Crippen molar-refractivity contribution in [3.05, 3.63) is 0 Å². The molecule has 0 aliphatic carbocycles. The van der Waals surface area contributed by atoms with Crippen LogP contribution in [-0.2, 0) is 23.4 Å². The first-order chi connectivity index (χ1) is 12.3. The Morgan fingerprint density at radius 3 is 2.11 bits per heavy atom. The number of hydrogen-bond acceptors (Lipinski definition) is 6. The molecule has 0 bridgehead atoms. The van der Waals surface area contributed by atoms with Gasteiger partial charge in [0.15, 0.2) is 20.1 Å². The quantitative estimate of drug-likeness (QED) is 0.635. The molecule has 1 saturated heterocycles. The van der Waals surface area contributed by atoms with Crippen LogP contribution in [0.1, 0.15) is 55.4 Å². The number of hydrogen-bond donors (Lipinski definition) is 2. The predicted molar refractivity (Wildman–Crippen MR) is 108 cm³/mol. The predicted octanol–water partition coefficient (Wildman–Crippen LogP) is 3.51. The zero-order valence-electron chi connectivity index (χ0n) is 18.8. The molecule has 1 rings (SSSR count). The number of aliphatic carboxylic acids is 1. The van der Waals surface area contributed by atoms with Crippen molar-refractivity contribution < 1.29 is 33.3 Å². The maximum Gasteiger partial charge on any atom is 0.408 e. The highest BCUT2D eigenvalue weighted by Crippen LogP contribution is 2.38. The van der Waals surface area contributed by atoms with Gasteiger partial charge in [0.25, 0.3) is 0 Å². The number of carboxylic acids is 1. The molecule has 2 N–H and O–H groups in total. The largest absolute Gasteiger partial charge is 0.480 e. The van der Waals surface area contributed by atoms with Crippen molar-refractivity contribution in [1.82, 2.24) is 5.32 Å². The summed E-state index contributed by atoms with van der Waals surface area (Å²) in [6.07, 6.45) is -2.37. The van der Waals surface area contributed by atoms with E-state index in [1.54, 1.807) is 34.6 Å². The number of alkyl carbamates (subject to hydrolysis) is 1. The molecule has 3 atom stereocenters. The highest BCUT2D eigenvalue weighted by Gasteiger charge is 2.49. The van der Waals surface area contributed by atoms with Gasteiger partial charge in [0.05, 0.1) is 6.61 Å². The molecule has 1 aliphatic rings. The Kier molecular flexibility index (Phi) is 7.37. The molecule has 1 amide bonds. The Hall–Kier alpha value is -1.16. The van der Waals surface area contributed by atoms with Crippen LogP contribution < -0.4 is 5.32 Å². The number of amides is 1. The summed E-state index contributed by atoms with van der Waals surface area (Å²) in [4.78, 5) is 24.0. The van der Waals surface area contributed by atoms with Crippen LogP contribution in [0.4, 0.5) is 4.79 Å². The molecule has 0 radical (unpaired) electrons. The fraction of sp³-hybridized carbons (Fsp3) is 0.895. The lowest BCUT2D eigenvalue weighted by Crippen LogP contribution is -2.54. The van der Waals surface area contributed by atoms with E-state index in [4.69, 9.17) is 18.6 Å². The standard InChI is InChI=1S/C19H37NO7Si/c1-17(2,3)27-16(23)20-13(15(21)22)14-12(25-19(7,8)26-14)11-24-28(9,10)18(4,5)6/h12-14H,11H2,1-10H3,(H,20,23)(H,21,22)/t12-,13-,14+/m0/s1. The SMILES string of the molecule is CC(C)(C)OC(=O)N[C@H](C(=O)O)[C@@H]1OC(C)(C)O[C@H]1CO[Si](C)(C)C(C)(C)C. The van der Waals surface area contributed by atoms with Gasteiger partial charge in [0.1, 0.15) is 17.8 Å². The molecule has 1 heterocycles. The number of carbonyl (C=O) groups is 2. The van der Waals surface area contributed by atoms with Crippen LogP contribution in [0.3, 0.4) is 0 Å². The Balaban J connectivity index is 2.97. The number of nitrogens with one attached hydrogen (secondary N) is 1. The smallest absolute Gasteiger partial charge is 0.408 e. The van der Waals surface area contributed by atoms with Gasteiger partial charge in [-0.25, -0.2) is 9.59 Å². The zero-order valence-corrected chi connectivity index (χ0v) is 19.8. The lowest BCUT2D eigenvalue weighted by Gasteiger charge is -2.37. The van der Waals surface area contributed by atoms with E-state index in [2.05, 4.69) is 39.2 Å². The second kappa shape index (κ2) is 8.29. The Bertz CT molecular complexity index is 578. The normalized spacial score (nSPS) is 23.9. The zero-order chi connectivity index (χ0) is 22.1. The van der Waals surface area contributed by atoms with Gasteiger partial charge in [-0.15, -0.1) is 0 Å². The van der Waals surface area contributed by atoms with E-state index in [0.29, 0.717) is 0 Å². The van der Waals surface area contributed by atoms with Crippen LogP contribution in [0, 0.1) is 0 Å². The van der Waals surface area contributed by atoms with E-state index < -0.39 is 50.0 Å². The number of carbonyl (C=O) groups excluding carboxylic acids is 1. The van der Waals surface area contributed by atoms with Gasteiger partial charge in [0, 0.05) is 0 Å². The monoisotopic (exact) mass is 419 g/mol. The second-order valence-electron chi connectivity index (χ2n) is 10.2. The lowest BCUT2D eigenvalue weighted by atomic mass is 10.1. The van der Waals surface area contributed by atoms with E-state index in [1.807, 2.05) is 0 Å². The van der Waals surface area contributed by atoms with Crippen molar-refractivity contribution in [2.24, 2.45) is 0 Å². The summed E-state index contributed by atoms with van der Waals surface area (Å²) in [6, 6.07) is -1.33. The van der Waals surface area contributed by atoms with Crippen LogP contribution >= 0.6 is 0 Å². The summed E-state index contributed by atoms with van der Waals surface area (Å²) in [5, 5.41) is 12.1. The van der Waals surface area contributed by atoms with Crippen molar-refractivity contribution in [2.45, 2.75) is 103 Å². The van der Waals surface area contributed by atoms with Gasteiger partial charge in [-0.2, -0.15) is 0 Å².